The van der Waals surface area contributed by atoms with Gasteiger partial charge in [-0.3, -0.25) is 0 Å². The van der Waals surface area contributed by atoms with Crippen LogP contribution in [0.2, 0.25) is 0 Å². The molecule has 0 saturated carbocycles. The van der Waals surface area contributed by atoms with Crippen LogP contribution in [0.5, 0.6) is 0 Å². The normalized spacial score (nSPS) is 12.6. The summed E-state index contributed by atoms with van der Waals surface area (Å²) in [5, 5.41) is 0. The summed E-state index contributed by atoms with van der Waals surface area (Å²) in [6, 6.07) is 15.6. The minimum absolute atomic E-state index is 0.150. The Morgan fingerprint density at radius 3 is 2.17 bits per heavy atom. The first-order valence-corrected chi connectivity index (χ1v) is 8.50. The topological polar surface area (TPSA) is 62.1 Å². The van der Waals surface area contributed by atoms with Gasteiger partial charge in [-0.1, -0.05) is 48.0 Å². The van der Waals surface area contributed by atoms with Crippen LogP contribution in [-0.4, -0.2) is 39.6 Å². The lowest BCUT2D eigenvalue weighted by Crippen LogP contribution is -2.11. The standard InChI is InChI=1S/C17H19N3O2S/c1-14-9-11-16(12-10-14)23(21,22)19-17(18-13-20(2)3)15-7-5-4-6-8-15/h4-13H,1-3H3/b18-13?,19-17+. The van der Waals surface area contributed by atoms with Crippen LogP contribution in [0.4, 0.5) is 0 Å². The van der Waals surface area contributed by atoms with E-state index in [0.29, 0.717) is 5.56 Å². The number of nitrogens with zero attached hydrogens (tertiary/aromatic N) is 3. The van der Waals surface area contributed by atoms with Gasteiger partial charge in [-0.15, -0.1) is 4.40 Å². The van der Waals surface area contributed by atoms with E-state index in [1.54, 1.807) is 55.4 Å². The largest absolute Gasteiger partial charge is 0.369 e. The lowest BCUT2D eigenvalue weighted by atomic mass is 10.2. The van der Waals surface area contributed by atoms with E-state index >= 15 is 0 Å². The second-order valence-electron chi connectivity index (χ2n) is 5.28. The molecule has 6 heteroatoms. The Kier molecular flexibility index (Phi) is 5.28. The molecule has 0 amide bonds. The van der Waals surface area contributed by atoms with Crippen molar-refractivity contribution in [2.75, 3.05) is 14.1 Å². The third kappa shape index (κ3) is 4.75. The van der Waals surface area contributed by atoms with E-state index in [4.69, 9.17) is 0 Å². The molecule has 0 heterocycles. The molecule has 0 atom stereocenters. The molecule has 0 bridgehead atoms. The Morgan fingerprint density at radius 1 is 1.00 bits per heavy atom. The van der Waals surface area contributed by atoms with Gasteiger partial charge in [-0.05, 0) is 19.1 Å². The minimum atomic E-state index is -3.82. The van der Waals surface area contributed by atoms with Crippen LogP contribution in [0, 0.1) is 6.92 Å². The third-order valence-electron chi connectivity index (χ3n) is 2.97. The van der Waals surface area contributed by atoms with Crippen molar-refractivity contribution < 1.29 is 8.42 Å². The fourth-order valence-electron chi connectivity index (χ4n) is 1.78. The van der Waals surface area contributed by atoms with Crippen molar-refractivity contribution in [2.24, 2.45) is 9.39 Å². The molecule has 0 N–H and O–H groups in total. The molecule has 0 radical (unpaired) electrons. The molecule has 2 aromatic carbocycles. The zero-order valence-corrected chi connectivity index (χ0v) is 14.2. The second kappa shape index (κ2) is 7.19. The number of aryl methyl sites for hydroxylation is 1. The van der Waals surface area contributed by atoms with Crippen molar-refractivity contribution in [3.05, 3.63) is 65.7 Å². The molecule has 0 aromatic heterocycles. The molecule has 0 saturated heterocycles. The lowest BCUT2D eigenvalue weighted by Gasteiger charge is -2.06. The van der Waals surface area contributed by atoms with Crippen LogP contribution in [0.1, 0.15) is 11.1 Å². The molecular weight excluding hydrogens is 310 g/mol. The summed E-state index contributed by atoms with van der Waals surface area (Å²) in [7, 11) is -0.204. The number of benzene rings is 2. The monoisotopic (exact) mass is 329 g/mol. The van der Waals surface area contributed by atoms with Crippen molar-refractivity contribution in [1.82, 2.24) is 4.90 Å². The summed E-state index contributed by atoms with van der Waals surface area (Å²) in [4.78, 5) is 6.06. The van der Waals surface area contributed by atoms with Crippen molar-refractivity contribution in [3.63, 3.8) is 0 Å². The van der Waals surface area contributed by atoms with Gasteiger partial charge < -0.3 is 4.90 Å². The van der Waals surface area contributed by atoms with Gasteiger partial charge in [-0.2, -0.15) is 8.42 Å². The highest BCUT2D eigenvalue weighted by Crippen LogP contribution is 2.15. The third-order valence-corrected chi connectivity index (χ3v) is 4.25. The van der Waals surface area contributed by atoms with Crippen LogP contribution in [0.25, 0.3) is 0 Å². The molecule has 0 unspecified atom stereocenters. The van der Waals surface area contributed by atoms with Crippen LogP contribution < -0.4 is 0 Å². The van der Waals surface area contributed by atoms with E-state index in [0.717, 1.165) is 5.56 Å². The summed E-state index contributed by atoms with van der Waals surface area (Å²) < 4.78 is 28.9. The van der Waals surface area contributed by atoms with Gasteiger partial charge in [0.1, 0.15) is 0 Å². The van der Waals surface area contributed by atoms with Gasteiger partial charge in [0.25, 0.3) is 10.0 Å². The van der Waals surface area contributed by atoms with E-state index in [9.17, 15) is 8.42 Å². The first-order chi connectivity index (χ1) is 10.9. The Hall–Kier alpha value is -2.47. The van der Waals surface area contributed by atoms with Gasteiger partial charge >= 0.3 is 0 Å². The number of amidine groups is 1. The van der Waals surface area contributed by atoms with Gasteiger partial charge in [0, 0.05) is 19.7 Å². The van der Waals surface area contributed by atoms with Gasteiger partial charge in [0.2, 0.25) is 0 Å². The summed E-state index contributed by atoms with van der Waals surface area (Å²) in [5.74, 6) is 0.153. The Labute approximate surface area is 137 Å². The number of hydrogen-bond donors (Lipinski definition) is 0. The van der Waals surface area contributed by atoms with Crippen molar-refractivity contribution in [3.8, 4) is 0 Å². The highest BCUT2D eigenvalue weighted by atomic mass is 32.2. The van der Waals surface area contributed by atoms with Crippen molar-refractivity contribution >= 4 is 22.2 Å². The van der Waals surface area contributed by atoms with E-state index < -0.39 is 10.0 Å². The fraction of sp³-hybridized carbons (Fsp3) is 0.176. The molecule has 0 aliphatic heterocycles. The molecule has 2 aromatic rings. The lowest BCUT2D eigenvalue weighted by molar-refractivity contribution is 0.598. The Bertz CT molecular complexity index is 809. The highest BCUT2D eigenvalue weighted by molar-refractivity contribution is 7.90. The van der Waals surface area contributed by atoms with E-state index in [2.05, 4.69) is 9.39 Å². The van der Waals surface area contributed by atoms with Gasteiger partial charge in [0.05, 0.1) is 11.2 Å². The molecular formula is C17H19N3O2S. The molecule has 23 heavy (non-hydrogen) atoms. The maximum Gasteiger partial charge on any atom is 0.284 e. The van der Waals surface area contributed by atoms with Crippen LogP contribution in [0.15, 0.2) is 68.9 Å². The maximum atomic E-state index is 12.5. The summed E-state index contributed by atoms with van der Waals surface area (Å²) in [5.41, 5.74) is 1.63. The van der Waals surface area contributed by atoms with Crippen molar-refractivity contribution in [1.29, 1.82) is 0 Å². The smallest absolute Gasteiger partial charge is 0.284 e. The summed E-state index contributed by atoms with van der Waals surface area (Å²) in [6.07, 6.45) is 1.52. The van der Waals surface area contributed by atoms with E-state index in [-0.39, 0.29) is 10.7 Å². The number of sulfonamides is 1. The number of rotatable bonds is 4. The number of hydrogen-bond acceptors (Lipinski definition) is 2. The predicted molar refractivity (Wildman–Crippen MR) is 93.5 cm³/mol. The first-order valence-electron chi connectivity index (χ1n) is 7.06. The van der Waals surface area contributed by atoms with Crippen LogP contribution in [0.3, 0.4) is 0 Å². The highest BCUT2D eigenvalue weighted by Gasteiger charge is 2.15. The average molecular weight is 329 g/mol. The molecule has 0 aliphatic carbocycles. The van der Waals surface area contributed by atoms with Crippen LogP contribution in [-0.2, 0) is 10.0 Å². The molecule has 5 nitrogen and oxygen atoms in total. The average Bonchev–Trinajstić information content (AvgIpc) is 2.52. The molecule has 2 rings (SSSR count). The second-order valence-corrected chi connectivity index (χ2v) is 6.88. The number of aliphatic imine (C=N–C) groups is 1. The summed E-state index contributed by atoms with van der Waals surface area (Å²) in [6.45, 7) is 1.90. The molecule has 0 aliphatic rings. The zero-order valence-electron chi connectivity index (χ0n) is 13.3. The quantitative estimate of drug-likeness (QED) is 0.640. The van der Waals surface area contributed by atoms with Crippen molar-refractivity contribution in [2.45, 2.75) is 11.8 Å². The fourth-order valence-corrected chi connectivity index (χ4v) is 2.75. The Morgan fingerprint density at radius 2 is 1.61 bits per heavy atom. The first kappa shape index (κ1) is 16.9. The predicted octanol–water partition coefficient (Wildman–Crippen LogP) is 2.72. The van der Waals surface area contributed by atoms with E-state index in [1.807, 2.05) is 25.1 Å². The van der Waals surface area contributed by atoms with Crippen LogP contribution >= 0.6 is 0 Å². The SMILES string of the molecule is Cc1ccc(S(=O)(=O)/N=C(/N=CN(C)C)c2ccccc2)cc1. The van der Waals surface area contributed by atoms with Gasteiger partial charge in [0.15, 0.2) is 5.84 Å². The van der Waals surface area contributed by atoms with Gasteiger partial charge in [-0.25, -0.2) is 4.99 Å². The minimum Gasteiger partial charge on any atom is -0.369 e. The molecule has 120 valence electrons. The molecule has 0 spiro atoms. The maximum absolute atomic E-state index is 12.5. The van der Waals surface area contributed by atoms with E-state index in [1.165, 1.54) is 6.34 Å². The summed E-state index contributed by atoms with van der Waals surface area (Å²) >= 11 is 0. The molecule has 0 fully saturated rings. The Balaban J connectivity index is 2.49. The zero-order chi connectivity index (χ0) is 16.9.